The summed E-state index contributed by atoms with van der Waals surface area (Å²) in [6, 6.07) is 21.5. The maximum Gasteiger partial charge on any atom is 0.235 e. The van der Waals surface area contributed by atoms with Crippen LogP contribution in [0, 0.1) is 0 Å². The molecule has 33 heavy (non-hydrogen) atoms. The normalized spacial score (nSPS) is 13.8. The van der Waals surface area contributed by atoms with Crippen LogP contribution in [0.2, 0.25) is 0 Å². The molecule has 3 heterocycles. The van der Waals surface area contributed by atoms with E-state index >= 15 is 0 Å². The summed E-state index contributed by atoms with van der Waals surface area (Å²) in [4.78, 5) is 14.5. The number of aromatic nitrogens is 4. The van der Waals surface area contributed by atoms with Gasteiger partial charge >= 0.3 is 0 Å². The van der Waals surface area contributed by atoms with Gasteiger partial charge in [0.1, 0.15) is 5.52 Å². The van der Waals surface area contributed by atoms with Gasteiger partial charge in [-0.2, -0.15) is 0 Å². The lowest BCUT2D eigenvalue weighted by molar-refractivity contribution is 1.01. The highest BCUT2D eigenvalue weighted by Gasteiger charge is 2.18. The van der Waals surface area contributed by atoms with E-state index < -0.39 is 18.1 Å². The van der Waals surface area contributed by atoms with Crippen molar-refractivity contribution in [2.45, 2.75) is 0 Å². The van der Waals surface area contributed by atoms with Gasteiger partial charge in [0.05, 0.1) is 29.1 Å². The van der Waals surface area contributed by atoms with Crippen molar-refractivity contribution in [1.29, 1.82) is 0 Å². The molecule has 0 bridgehead atoms. The van der Waals surface area contributed by atoms with Crippen molar-refractivity contribution < 1.29 is 6.85 Å². The number of hydrogen-bond acceptors (Lipinski definition) is 3. The summed E-state index contributed by atoms with van der Waals surface area (Å²) in [6.07, 6.45) is 1.69. The third kappa shape index (κ3) is 2.68. The van der Waals surface area contributed by atoms with Crippen molar-refractivity contribution in [3.05, 3.63) is 109 Å². The number of fused-ring (bicyclic) bond motifs is 6. The zero-order valence-electron chi connectivity index (χ0n) is 22.3. The Hall–Kier alpha value is -4.57. The largest absolute Gasteiger partial charge is 0.278 e. The molecular formula is C29H18N4. The molecule has 0 fully saturated rings. The fourth-order valence-electron chi connectivity index (χ4n) is 4.52. The van der Waals surface area contributed by atoms with E-state index in [0.29, 0.717) is 22.4 Å². The molecule has 0 saturated heterocycles. The molecule has 3 aromatic heterocycles. The minimum atomic E-state index is -0.447. The molecule has 0 atom stereocenters. The van der Waals surface area contributed by atoms with Gasteiger partial charge in [-0.15, -0.1) is 0 Å². The van der Waals surface area contributed by atoms with Gasteiger partial charge in [-0.1, -0.05) is 78.7 Å². The zero-order chi connectivity index (χ0) is 26.1. The molecule has 0 unspecified atom stereocenters. The molecule has 0 spiro atoms. The van der Waals surface area contributed by atoms with Gasteiger partial charge in [-0.3, -0.25) is 9.55 Å². The summed E-state index contributed by atoms with van der Waals surface area (Å²) in [6.45, 7) is 0. The topological polar surface area (TPSA) is 43.6 Å². The highest BCUT2D eigenvalue weighted by molar-refractivity contribution is 6.10. The van der Waals surface area contributed by atoms with Gasteiger partial charge in [0.15, 0.2) is 0 Å². The highest BCUT2D eigenvalue weighted by atomic mass is 15.2. The van der Waals surface area contributed by atoms with Crippen LogP contribution < -0.4 is 0 Å². The molecule has 0 amide bonds. The van der Waals surface area contributed by atoms with E-state index in [4.69, 9.17) is 16.8 Å². The minimum absolute atomic E-state index is 0.0284. The van der Waals surface area contributed by atoms with Gasteiger partial charge in [0.2, 0.25) is 5.95 Å². The Morgan fingerprint density at radius 2 is 1.36 bits per heavy atom. The van der Waals surface area contributed by atoms with Crippen molar-refractivity contribution in [2.24, 2.45) is 0 Å². The van der Waals surface area contributed by atoms with E-state index in [1.54, 1.807) is 6.20 Å². The van der Waals surface area contributed by atoms with Crippen molar-refractivity contribution in [2.75, 3.05) is 0 Å². The Morgan fingerprint density at radius 3 is 2.12 bits per heavy atom. The summed E-state index contributed by atoms with van der Waals surface area (Å²) in [5.74, 6) is 0.329. The Bertz CT molecular complexity index is 2020. The van der Waals surface area contributed by atoms with Crippen molar-refractivity contribution in [3.63, 3.8) is 0 Å². The second-order valence-electron chi connectivity index (χ2n) is 7.78. The molecular weight excluding hydrogens is 404 g/mol. The van der Waals surface area contributed by atoms with Crippen LogP contribution in [0.1, 0.15) is 6.85 Å². The molecule has 4 heteroatoms. The Kier molecular flexibility index (Phi) is 2.91. The van der Waals surface area contributed by atoms with Crippen LogP contribution in [0.25, 0.3) is 60.8 Å². The standard InChI is InChI=1S/C29H18N4/c1-2-9-19(10-3-1)26-23-17-16-20-11-8-18-30-27(20)28(23)32-29(31-26)33-24-14-6-4-12-21(24)22-13-5-7-15-25(22)33/h1-18H/i1D,2D,3D,9D,10D. The van der Waals surface area contributed by atoms with Gasteiger partial charge in [-0.05, 0) is 24.3 Å². The van der Waals surface area contributed by atoms with Crippen LogP contribution in [0.3, 0.4) is 0 Å². The number of pyridine rings is 1. The third-order valence-electron chi connectivity index (χ3n) is 5.94. The van der Waals surface area contributed by atoms with Gasteiger partial charge in [0.25, 0.3) is 0 Å². The monoisotopic (exact) mass is 427 g/mol. The molecule has 0 N–H and O–H groups in total. The number of para-hydroxylation sites is 2. The van der Waals surface area contributed by atoms with Crippen LogP contribution >= 0.6 is 0 Å². The molecule has 4 nitrogen and oxygen atoms in total. The minimum Gasteiger partial charge on any atom is -0.278 e. The molecule has 4 aromatic carbocycles. The Labute approximate surface area is 196 Å². The lowest BCUT2D eigenvalue weighted by Gasteiger charge is -2.12. The second-order valence-corrected chi connectivity index (χ2v) is 7.78. The Balaban J connectivity index is 1.70. The highest BCUT2D eigenvalue weighted by Crippen LogP contribution is 2.34. The van der Waals surface area contributed by atoms with E-state index in [1.807, 2.05) is 77.4 Å². The summed E-state index contributed by atoms with van der Waals surface area (Å²) in [5.41, 5.74) is 3.26. The smallest absolute Gasteiger partial charge is 0.235 e. The van der Waals surface area contributed by atoms with Crippen LogP contribution in [-0.4, -0.2) is 19.5 Å². The maximum atomic E-state index is 8.66. The molecule has 7 aromatic rings. The van der Waals surface area contributed by atoms with Crippen molar-refractivity contribution in [1.82, 2.24) is 19.5 Å². The van der Waals surface area contributed by atoms with Crippen LogP contribution in [0.4, 0.5) is 0 Å². The molecule has 0 aliphatic carbocycles. The Morgan fingerprint density at radius 1 is 0.636 bits per heavy atom. The fraction of sp³-hybridized carbons (Fsp3) is 0. The lowest BCUT2D eigenvalue weighted by Crippen LogP contribution is -2.04. The van der Waals surface area contributed by atoms with Crippen molar-refractivity contribution in [3.8, 4) is 17.2 Å². The summed E-state index contributed by atoms with van der Waals surface area (Å²) < 4.78 is 43.9. The number of rotatable bonds is 2. The van der Waals surface area contributed by atoms with E-state index in [2.05, 4.69) is 4.98 Å². The predicted molar refractivity (Wildman–Crippen MR) is 135 cm³/mol. The van der Waals surface area contributed by atoms with E-state index in [0.717, 1.165) is 27.2 Å². The maximum absolute atomic E-state index is 8.66. The first-order valence-corrected chi connectivity index (χ1v) is 10.6. The van der Waals surface area contributed by atoms with Gasteiger partial charge in [-0.25, -0.2) is 9.97 Å². The summed E-state index contributed by atoms with van der Waals surface area (Å²) >= 11 is 0. The van der Waals surface area contributed by atoms with Crippen molar-refractivity contribution >= 4 is 43.6 Å². The van der Waals surface area contributed by atoms with Crippen LogP contribution in [-0.2, 0) is 0 Å². The molecule has 0 saturated carbocycles. The molecule has 0 aliphatic heterocycles. The van der Waals surface area contributed by atoms with Crippen LogP contribution in [0.15, 0.2) is 109 Å². The molecule has 0 radical (unpaired) electrons. The molecule has 0 aliphatic rings. The fourth-order valence-corrected chi connectivity index (χ4v) is 4.52. The number of benzene rings is 4. The third-order valence-corrected chi connectivity index (χ3v) is 5.94. The predicted octanol–water partition coefficient (Wildman–Crippen LogP) is 6.94. The summed E-state index contributed by atoms with van der Waals surface area (Å²) in [7, 11) is 0. The molecule has 7 rings (SSSR count). The van der Waals surface area contributed by atoms with Crippen LogP contribution in [0.5, 0.6) is 0 Å². The van der Waals surface area contributed by atoms with E-state index in [-0.39, 0.29) is 23.3 Å². The first-order chi connectivity index (χ1) is 18.5. The van der Waals surface area contributed by atoms with Gasteiger partial charge < -0.3 is 0 Å². The van der Waals surface area contributed by atoms with E-state index in [9.17, 15) is 0 Å². The molecule has 154 valence electrons. The van der Waals surface area contributed by atoms with Gasteiger partial charge in [0, 0.05) is 33.3 Å². The SMILES string of the molecule is [2H]c1c([2H])c([2H])c(-c2nc(-n3c4ccccc4c4ccccc43)nc3c2ccc2cccnc23)c([2H])c1[2H]. The number of nitrogens with zero attached hydrogens (tertiary/aromatic N) is 4. The first kappa shape index (κ1) is 13.8. The second kappa shape index (κ2) is 6.97. The summed E-state index contributed by atoms with van der Waals surface area (Å²) in [5, 5.41) is 3.50. The average molecular weight is 428 g/mol. The van der Waals surface area contributed by atoms with E-state index in [1.165, 1.54) is 0 Å². The first-order valence-electron chi connectivity index (χ1n) is 13.1. The zero-order valence-corrected chi connectivity index (χ0v) is 17.3. The average Bonchev–Trinajstić information content (AvgIpc) is 3.29. The quantitative estimate of drug-likeness (QED) is 0.281. The lowest BCUT2D eigenvalue weighted by atomic mass is 10.0. The number of hydrogen-bond donors (Lipinski definition) is 0.